The van der Waals surface area contributed by atoms with Crippen LogP contribution in [-0.2, 0) is 22.4 Å². The zero-order chi connectivity index (χ0) is 28.9. The third-order valence-electron chi connectivity index (χ3n) is 7.74. The molecule has 41 heavy (non-hydrogen) atoms. The summed E-state index contributed by atoms with van der Waals surface area (Å²) in [5, 5.41) is 2.59. The number of rotatable bonds is 2. The van der Waals surface area contributed by atoms with Crippen LogP contribution in [0.3, 0.4) is 0 Å². The number of hydrogen-bond donors (Lipinski definition) is 0. The first-order valence-electron chi connectivity index (χ1n) is 14.1. The van der Waals surface area contributed by atoms with E-state index in [1.54, 1.807) is 0 Å². The summed E-state index contributed by atoms with van der Waals surface area (Å²) in [7, 11) is 0. The molecule has 0 N–H and O–H groups in total. The van der Waals surface area contributed by atoms with Crippen LogP contribution in [0.1, 0.15) is 55.6 Å². The summed E-state index contributed by atoms with van der Waals surface area (Å²) < 4.78 is 4.20. The quantitative estimate of drug-likeness (QED) is 0.131. The van der Waals surface area contributed by atoms with Crippen molar-refractivity contribution in [3.05, 3.63) is 117 Å². The molecule has 5 aromatic rings. The van der Waals surface area contributed by atoms with Crippen LogP contribution in [0, 0.1) is 69.2 Å². The van der Waals surface area contributed by atoms with Crippen LogP contribution >= 0.6 is 0 Å². The van der Waals surface area contributed by atoms with E-state index < -0.39 is 0 Å². The number of aryl methyl sites for hydroxylation is 10. The van der Waals surface area contributed by atoms with E-state index in [0.29, 0.717) is 0 Å². The van der Waals surface area contributed by atoms with Gasteiger partial charge in [-0.05, 0) is 104 Å². The Kier molecular flexibility index (Phi) is 8.78. The molecule has 1 aromatic heterocycles. The molecule has 0 fully saturated rings. The van der Waals surface area contributed by atoms with E-state index in [2.05, 4.69) is 145 Å². The number of benzene rings is 4. The maximum Gasteiger partial charge on any atom is 1.00 e. The van der Waals surface area contributed by atoms with Gasteiger partial charge >= 0.3 is 28.4 Å². The van der Waals surface area contributed by atoms with Crippen LogP contribution in [0.2, 0.25) is 0 Å². The van der Waals surface area contributed by atoms with Crippen LogP contribution in [0.4, 0.5) is 11.4 Å². The molecule has 0 saturated heterocycles. The van der Waals surface area contributed by atoms with E-state index in [9.17, 15) is 0 Å². The fourth-order valence-electron chi connectivity index (χ4n) is 6.41. The second kappa shape index (κ2) is 11.8. The molecule has 0 saturated carbocycles. The van der Waals surface area contributed by atoms with Gasteiger partial charge in [0.2, 0.25) is 11.4 Å². The van der Waals surface area contributed by atoms with Crippen LogP contribution in [0.25, 0.3) is 21.8 Å². The third-order valence-corrected chi connectivity index (χ3v) is 7.74. The Hall–Kier alpha value is -3.46. The smallest absolute Gasteiger partial charge is 0.656 e. The first kappa shape index (κ1) is 30.5. The Morgan fingerprint density at radius 2 is 0.732 bits per heavy atom. The molecule has 0 amide bonds. The predicted octanol–water partition coefficient (Wildman–Crippen LogP) is 9.37. The molecule has 2 heterocycles. The second-order valence-corrected chi connectivity index (χ2v) is 11.7. The molecule has 0 spiro atoms. The maximum absolute atomic E-state index is 4.80. The molecule has 0 atom stereocenters. The van der Waals surface area contributed by atoms with E-state index in [1.807, 2.05) is 0 Å². The number of nitrogens with zero attached hydrogens (tertiary/aromatic N) is 3. The Morgan fingerprint density at radius 3 is 1.07 bits per heavy atom. The van der Waals surface area contributed by atoms with Gasteiger partial charge < -0.3 is 4.98 Å². The molecule has 4 heteroatoms. The molecule has 1 aliphatic heterocycles. The summed E-state index contributed by atoms with van der Waals surface area (Å²) in [5.41, 5.74) is 17.6. The Bertz CT molecular complexity index is 1750. The average molecular weight is 724 g/mol. The van der Waals surface area contributed by atoms with Gasteiger partial charge in [-0.25, -0.2) is 0 Å². The SMILES string of the molecule is Cc1cc(C)c([N+]2=C=[N+](c3c(C)cc(C)cc3C)C=C2)c(C)c1.Cc1cc(C)c2[n-]c3c(C)cc(C)cc3c2c1.[Au+]. The molecular formula is C37H40AuN3+2. The van der Waals surface area contributed by atoms with Crippen molar-refractivity contribution in [2.45, 2.75) is 69.2 Å². The molecular weight excluding hydrogens is 683 g/mol. The first-order valence-corrected chi connectivity index (χ1v) is 14.1. The Balaban J connectivity index is 0.000000192. The van der Waals surface area contributed by atoms with E-state index in [0.717, 1.165) is 11.0 Å². The first-order chi connectivity index (χ1) is 18.9. The molecule has 0 radical (unpaired) electrons. The standard InChI is InChI=1S/C21H24N2.C16H16N.Au/c1-14-9-16(3)20(17(4)10-14)22-7-8-23(13-22)21-18(5)11-15(2)12-19(21)6;1-9-5-11(3)15-13(7-9)14-8-10(2)6-12(4)16(14)17-15;/h7-12H,1-6H3;5-8H,1-4H3;/q+2;-1;+1. The van der Waals surface area contributed by atoms with Crippen LogP contribution in [-0.4, -0.2) is 15.2 Å². The van der Waals surface area contributed by atoms with Crippen molar-refractivity contribution < 1.29 is 31.5 Å². The van der Waals surface area contributed by atoms with Crippen molar-refractivity contribution >= 4 is 39.2 Å². The van der Waals surface area contributed by atoms with Crippen molar-refractivity contribution in [1.29, 1.82) is 0 Å². The molecule has 212 valence electrons. The van der Waals surface area contributed by atoms with Gasteiger partial charge in [0.05, 0.1) is 0 Å². The minimum atomic E-state index is 0. The molecule has 1 aliphatic rings. The fourth-order valence-corrected chi connectivity index (χ4v) is 6.41. The van der Waals surface area contributed by atoms with E-state index in [-0.39, 0.29) is 22.4 Å². The van der Waals surface area contributed by atoms with E-state index >= 15 is 0 Å². The normalized spacial score (nSPS) is 12.2. The third kappa shape index (κ3) is 5.96. The molecule has 6 rings (SSSR count). The van der Waals surface area contributed by atoms with Crippen molar-refractivity contribution in [3.63, 3.8) is 0 Å². The van der Waals surface area contributed by atoms with Gasteiger partial charge in [0.25, 0.3) is 12.4 Å². The zero-order valence-corrected chi connectivity index (χ0v) is 28.1. The summed E-state index contributed by atoms with van der Waals surface area (Å²) in [4.78, 5) is 4.80. The van der Waals surface area contributed by atoms with Crippen LogP contribution < -0.4 is 4.98 Å². The summed E-state index contributed by atoms with van der Waals surface area (Å²) in [6.07, 6.45) is 4.17. The molecule has 0 aliphatic carbocycles. The predicted molar refractivity (Wildman–Crippen MR) is 169 cm³/mol. The fraction of sp³-hybridized carbons (Fsp3) is 0.270. The number of aromatic nitrogens is 1. The topological polar surface area (TPSA) is 20.1 Å². The van der Waals surface area contributed by atoms with Crippen molar-refractivity contribution in [1.82, 2.24) is 4.98 Å². The number of fused-ring (bicyclic) bond motifs is 3. The van der Waals surface area contributed by atoms with Gasteiger partial charge in [-0.2, -0.15) is 0 Å². The van der Waals surface area contributed by atoms with Gasteiger partial charge in [0, 0.05) is 22.3 Å². The molecule has 0 unspecified atom stereocenters. The average Bonchev–Trinajstić information content (AvgIpc) is 3.44. The van der Waals surface area contributed by atoms with Crippen LogP contribution in [0.15, 0.2) is 60.9 Å². The largest absolute Gasteiger partial charge is 1.00 e. The van der Waals surface area contributed by atoms with Gasteiger partial charge in [-0.3, -0.25) is 0 Å². The number of hydrogen-bond acceptors (Lipinski definition) is 0. The second-order valence-electron chi connectivity index (χ2n) is 11.7. The van der Waals surface area contributed by atoms with Gasteiger partial charge in [-0.1, -0.05) is 66.8 Å². The maximum atomic E-state index is 4.80. The zero-order valence-electron chi connectivity index (χ0n) is 25.9. The van der Waals surface area contributed by atoms with Gasteiger partial charge in [0.15, 0.2) is 0 Å². The summed E-state index contributed by atoms with van der Waals surface area (Å²) >= 11 is 0. The Morgan fingerprint density at radius 1 is 0.439 bits per heavy atom. The van der Waals surface area contributed by atoms with Crippen molar-refractivity contribution in [3.8, 4) is 0 Å². The Labute approximate surface area is 260 Å². The molecule has 3 nitrogen and oxygen atoms in total. The van der Waals surface area contributed by atoms with E-state index in [4.69, 9.17) is 4.98 Å². The van der Waals surface area contributed by atoms with E-state index in [1.165, 1.54) is 77.8 Å². The summed E-state index contributed by atoms with van der Waals surface area (Å²) in [6, 6.07) is 21.3. The summed E-state index contributed by atoms with van der Waals surface area (Å²) in [5.74, 6) is 0. The minimum absolute atomic E-state index is 0. The minimum Gasteiger partial charge on any atom is -0.656 e. The molecule has 0 bridgehead atoms. The van der Waals surface area contributed by atoms with Crippen molar-refractivity contribution in [2.75, 3.05) is 0 Å². The monoisotopic (exact) mass is 723 g/mol. The van der Waals surface area contributed by atoms with Crippen molar-refractivity contribution in [2.24, 2.45) is 0 Å². The summed E-state index contributed by atoms with van der Waals surface area (Å²) in [6.45, 7) is 21.5. The van der Waals surface area contributed by atoms with Gasteiger partial charge in [0.1, 0.15) is 0 Å². The van der Waals surface area contributed by atoms with Gasteiger partial charge in [-0.15, -0.1) is 11.0 Å². The van der Waals surface area contributed by atoms with Crippen LogP contribution in [0.5, 0.6) is 0 Å². The molecule has 4 aromatic carbocycles.